The van der Waals surface area contributed by atoms with E-state index >= 15 is 0 Å². The van der Waals surface area contributed by atoms with Crippen molar-refractivity contribution in [3.63, 3.8) is 0 Å². The monoisotopic (exact) mass is 274 g/mol. The molecule has 0 bridgehead atoms. The first-order valence-electron chi connectivity index (χ1n) is 6.91. The lowest BCUT2D eigenvalue weighted by molar-refractivity contribution is 0.301. The van der Waals surface area contributed by atoms with E-state index in [-0.39, 0.29) is 0 Å². The summed E-state index contributed by atoms with van der Waals surface area (Å²) < 4.78 is 10.9. The average Bonchev–Trinajstić information content (AvgIpc) is 2.77. The minimum atomic E-state index is 0.476. The van der Waals surface area contributed by atoms with E-state index in [1.807, 2.05) is 33.0 Å². The molecule has 4 nitrogen and oxygen atoms in total. The highest BCUT2D eigenvalue weighted by Crippen LogP contribution is 2.18. The van der Waals surface area contributed by atoms with Gasteiger partial charge in [-0.05, 0) is 51.9 Å². The number of rotatable bonds is 6. The second kappa shape index (κ2) is 6.57. The molecule has 0 aliphatic carbocycles. The normalized spacial score (nSPS) is 12.4. The quantitative estimate of drug-likeness (QED) is 0.879. The van der Waals surface area contributed by atoms with Crippen LogP contribution < -0.4 is 10.1 Å². The lowest BCUT2D eigenvalue weighted by atomic mass is 10.1. The van der Waals surface area contributed by atoms with Crippen molar-refractivity contribution >= 4 is 0 Å². The fourth-order valence-corrected chi connectivity index (χ4v) is 2.04. The van der Waals surface area contributed by atoms with E-state index in [0.717, 1.165) is 29.2 Å². The number of aryl methyl sites for hydroxylation is 2. The number of hydrogen-bond acceptors (Lipinski definition) is 4. The first kappa shape index (κ1) is 14.6. The Morgan fingerprint density at radius 3 is 2.50 bits per heavy atom. The predicted octanol–water partition coefficient (Wildman–Crippen LogP) is 3.02. The molecule has 1 aromatic heterocycles. The molecule has 0 fully saturated rings. The van der Waals surface area contributed by atoms with Crippen molar-refractivity contribution in [1.29, 1.82) is 0 Å². The molecule has 2 rings (SSSR count). The van der Waals surface area contributed by atoms with E-state index in [9.17, 15) is 0 Å². The summed E-state index contributed by atoms with van der Waals surface area (Å²) in [5.74, 6) is 1.69. The Balaban J connectivity index is 1.94. The van der Waals surface area contributed by atoms with Crippen molar-refractivity contribution in [1.82, 2.24) is 10.5 Å². The molecule has 2 aromatic rings. The van der Waals surface area contributed by atoms with Crippen LogP contribution in [0.3, 0.4) is 0 Å². The molecule has 20 heavy (non-hydrogen) atoms. The largest absolute Gasteiger partial charge is 0.489 e. The Bertz CT molecular complexity index is 527. The number of ether oxygens (including phenoxy) is 1. The number of nitrogens with zero attached hydrogens (tertiary/aromatic N) is 1. The Morgan fingerprint density at radius 1 is 1.25 bits per heavy atom. The van der Waals surface area contributed by atoms with Gasteiger partial charge in [-0.1, -0.05) is 17.3 Å². The molecule has 0 aliphatic rings. The summed E-state index contributed by atoms with van der Waals surface area (Å²) in [7, 11) is 1.98. The summed E-state index contributed by atoms with van der Waals surface area (Å²) in [5.41, 5.74) is 3.22. The fourth-order valence-electron chi connectivity index (χ4n) is 2.04. The van der Waals surface area contributed by atoms with E-state index < -0.39 is 0 Å². The van der Waals surface area contributed by atoms with Crippen LogP contribution in [0.25, 0.3) is 0 Å². The fraction of sp³-hybridized carbons (Fsp3) is 0.438. The Labute approximate surface area is 120 Å². The third kappa shape index (κ3) is 3.61. The molecular weight excluding hydrogens is 252 g/mol. The van der Waals surface area contributed by atoms with Crippen LogP contribution in [0, 0.1) is 13.8 Å². The van der Waals surface area contributed by atoms with Gasteiger partial charge < -0.3 is 14.6 Å². The SMILES string of the molecule is CNC(C)Cc1ccc(OCc2c(C)noc2C)cc1. The number of aromatic nitrogens is 1. The summed E-state index contributed by atoms with van der Waals surface area (Å²) in [5, 5.41) is 7.16. The van der Waals surface area contributed by atoms with Gasteiger partial charge in [0.25, 0.3) is 0 Å². The van der Waals surface area contributed by atoms with Gasteiger partial charge in [0, 0.05) is 6.04 Å². The number of benzene rings is 1. The maximum atomic E-state index is 5.78. The minimum absolute atomic E-state index is 0.476. The van der Waals surface area contributed by atoms with Crippen LogP contribution in [-0.4, -0.2) is 18.2 Å². The van der Waals surface area contributed by atoms with Crippen molar-refractivity contribution in [2.45, 2.75) is 39.8 Å². The highest BCUT2D eigenvalue weighted by Gasteiger charge is 2.09. The van der Waals surface area contributed by atoms with Gasteiger partial charge in [-0.3, -0.25) is 0 Å². The van der Waals surface area contributed by atoms with Crippen molar-refractivity contribution in [2.75, 3.05) is 7.05 Å². The van der Waals surface area contributed by atoms with Crippen molar-refractivity contribution in [3.05, 3.63) is 46.8 Å². The molecule has 0 saturated carbocycles. The van der Waals surface area contributed by atoms with Crippen LogP contribution >= 0.6 is 0 Å². The minimum Gasteiger partial charge on any atom is -0.489 e. The predicted molar refractivity (Wildman–Crippen MR) is 79.0 cm³/mol. The molecule has 1 heterocycles. The van der Waals surface area contributed by atoms with Crippen LogP contribution in [0.1, 0.15) is 29.5 Å². The first-order valence-corrected chi connectivity index (χ1v) is 6.91. The van der Waals surface area contributed by atoms with Crippen LogP contribution in [0.2, 0.25) is 0 Å². The lowest BCUT2D eigenvalue weighted by Gasteiger charge is -2.11. The molecular formula is C16H22N2O2. The summed E-state index contributed by atoms with van der Waals surface area (Å²) in [6, 6.07) is 8.71. The molecule has 0 radical (unpaired) electrons. The van der Waals surface area contributed by atoms with Gasteiger partial charge in [-0.25, -0.2) is 0 Å². The van der Waals surface area contributed by atoms with Gasteiger partial charge in [0.15, 0.2) is 0 Å². The van der Waals surface area contributed by atoms with Crippen molar-refractivity contribution in [2.24, 2.45) is 0 Å². The highest BCUT2D eigenvalue weighted by atomic mass is 16.5. The number of nitrogens with one attached hydrogen (secondary N) is 1. The topological polar surface area (TPSA) is 47.3 Å². The van der Waals surface area contributed by atoms with E-state index in [1.165, 1.54) is 5.56 Å². The summed E-state index contributed by atoms with van der Waals surface area (Å²) in [4.78, 5) is 0. The van der Waals surface area contributed by atoms with Crippen LogP contribution in [0.5, 0.6) is 5.75 Å². The zero-order valence-corrected chi connectivity index (χ0v) is 12.6. The van der Waals surface area contributed by atoms with Crippen molar-refractivity contribution < 1.29 is 9.26 Å². The van der Waals surface area contributed by atoms with Crippen LogP contribution in [0.15, 0.2) is 28.8 Å². The Kier molecular flexibility index (Phi) is 4.79. The molecule has 108 valence electrons. The third-order valence-electron chi connectivity index (χ3n) is 3.52. The van der Waals surface area contributed by atoms with Crippen molar-refractivity contribution in [3.8, 4) is 5.75 Å². The van der Waals surface area contributed by atoms with Gasteiger partial charge in [0.2, 0.25) is 0 Å². The summed E-state index contributed by atoms with van der Waals surface area (Å²) in [6.45, 7) is 6.49. The molecule has 4 heteroatoms. The first-order chi connectivity index (χ1) is 9.60. The molecule has 0 amide bonds. The van der Waals surface area contributed by atoms with Crippen LogP contribution in [-0.2, 0) is 13.0 Å². The second-order valence-corrected chi connectivity index (χ2v) is 5.13. The number of hydrogen-bond donors (Lipinski definition) is 1. The van der Waals surface area contributed by atoms with Crippen LogP contribution in [0.4, 0.5) is 0 Å². The summed E-state index contributed by atoms with van der Waals surface area (Å²) >= 11 is 0. The molecule has 1 aromatic carbocycles. The van der Waals surface area contributed by atoms with E-state index in [2.05, 4.69) is 29.5 Å². The van der Waals surface area contributed by atoms with Gasteiger partial charge in [-0.15, -0.1) is 0 Å². The molecule has 1 N–H and O–H groups in total. The molecule has 1 unspecified atom stereocenters. The van der Waals surface area contributed by atoms with E-state index in [4.69, 9.17) is 9.26 Å². The molecule has 0 aliphatic heterocycles. The van der Waals surface area contributed by atoms with Gasteiger partial charge in [-0.2, -0.15) is 0 Å². The van der Waals surface area contributed by atoms with Gasteiger partial charge in [0.05, 0.1) is 11.3 Å². The Morgan fingerprint density at radius 2 is 1.95 bits per heavy atom. The van der Waals surface area contributed by atoms with E-state index in [1.54, 1.807) is 0 Å². The maximum absolute atomic E-state index is 5.78. The third-order valence-corrected chi connectivity index (χ3v) is 3.52. The zero-order chi connectivity index (χ0) is 14.5. The summed E-state index contributed by atoms with van der Waals surface area (Å²) in [6.07, 6.45) is 1.01. The van der Waals surface area contributed by atoms with E-state index in [0.29, 0.717) is 12.6 Å². The smallest absolute Gasteiger partial charge is 0.140 e. The molecule has 0 spiro atoms. The number of likely N-dealkylation sites (N-methyl/N-ethyl adjacent to an activating group) is 1. The Hall–Kier alpha value is -1.81. The second-order valence-electron chi connectivity index (χ2n) is 5.13. The lowest BCUT2D eigenvalue weighted by Crippen LogP contribution is -2.23. The van der Waals surface area contributed by atoms with Gasteiger partial charge in [0.1, 0.15) is 18.1 Å². The molecule has 0 saturated heterocycles. The average molecular weight is 274 g/mol. The standard InChI is InChI=1S/C16H22N2O2/c1-11(17-4)9-14-5-7-15(8-6-14)19-10-16-12(2)18-20-13(16)3/h5-8,11,17H,9-10H2,1-4H3. The highest BCUT2D eigenvalue weighted by molar-refractivity contribution is 5.28. The van der Waals surface area contributed by atoms with Gasteiger partial charge >= 0.3 is 0 Å². The molecule has 1 atom stereocenters. The maximum Gasteiger partial charge on any atom is 0.140 e. The zero-order valence-electron chi connectivity index (χ0n) is 12.6.